The first-order valence-corrected chi connectivity index (χ1v) is 8.89. The molecule has 1 atom stereocenters. The Bertz CT molecular complexity index is 712. The number of carbonyl (C=O) groups is 1. The van der Waals surface area contributed by atoms with Gasteiger partial charge in [-0.15, -0.1) is 0 Å². The summed E-state index contributed by atoms with van der Waals surface area (Å²) < 4.78 is 5.94. The van der Waals surface area contributed by atoms with Crippen LogP contribution >= 0.6 is 0 Å². The Labute approximate surface area is 149 Å². The van der Waals surface area contributed by atoms with Crippen molar-refractivity contribution in [2.45, 2.75) is 52.1 Å². The molecule has 2 N–H and O–H groups in total. The predicted octanol–water partition coefficient (Wildman–Crippen LogP) is 4.04. The Hall–Kier alpha value is -2.49. The summed E-state index contributed by atoms with van der Waals surface area (Å²) in [5, 5.41) is 11.3. The molecule has 25 heavy (non-hydrogen) atoms. The van der Waals surface area contributed by atoms with E-state index in [4.69, 9.17) is 10.5 Å². The SMILES string of the molecule is CCCCCC[C@H](C)Oc1ccc(-c2ccccc2C(=O)[O-])cc1N. The second-order valence-corrected chi connectivity index (χ2v) is 6.36. The summed E-state index contributed by atoms with van der Waals surface area (Å²) in [6.07, 6.45) is 5.93. The van der Waals surface area contributed by atoms with E-state index in [0.717, 1.165) is 18.4 Å². The Kier molecular flexibility index (Phi) is 6.87. The van der Waals surface area contributed by atoms with E-state index in [1.807, 2.05) is 13.0 Å². The molecule has 0 aliphatic carbocycles. The van der Waals surface area contributed by atoms with Crippen molar-refractivity contribution in [3.8, 4) is 16.9 Å². The number of carbonyl (C=O) groups excluding carboxylic acids is 1. The van der Waals surface area contributed by atoms with Crippen molar-refractivity contribution in [2.24, 2.45) is 0 Å². The highest BCUT2D eigenvalue weighted by molar-refractivity contribution is 5.95. The van der Waals surface area contributed by atoms with Crippen molar-refractivity contribution in [1.29, 1.82) is 0 Å². The minimum Gasteiger partial charge on any atom is -0.545 e. The fraction of sp³-hybridized carbons (Fsp3) is 0.381. The van der Waals surface area contributed by atoms with Gasteiger partial charge in [0.1, 0.15) is 5.75 Å². The molecule has 0 fully saturated rings. The van der Waals surface area contributed by atoms with E-state index < -0.39 is 5.97 Å². The van der Waals surface area contributed by atoms with Crippen LogP contribution in [0.3, 0.4) is 0 Å². The molecule has 4 nitrogen and oxygen atoms in total. The van der Waals surface area contributed by atoms with Gasteiger partial charge in [0.2, 0.25) is 0 Å². The van der Waals surface area contributed by atoms with Crippen LogP contribution in [0.4, 0.5) is 5.69 Å². The number of carboxylic acids is 1. The maximum absolute atomic E-state index is 11.3. The first kappa shape index (κ1) is 18.8. The van der Waals surface area contributed by atoms with Gasteiger partial charge in [0.15, 0.2) is 0 Å². The molecule has 0 aliphatic rings. The lowest BCUT2D eigenvalue weighted by Gasteiger charge is -2.17. The standard InChI is InChI=1S/C21H27NO3/c1-3-4-5-6-9-15(2)25-20-13-12-16(14-19(20)22)17-10-7-8-11-18(17)21(23)24/h7-8,10-15H,3-6,9,22H2,1-2H3,(H,23,24)/p-1/t15-/m0/s1. The number of nitrogens with two attached hydrogens (primary N) is 1. The quantitative estimate of drug-likeness (QED) is 0.552. The van der Waals surface area contributed by atoms with Gasteiger partial charge in [0.05, 0.1) is 17.8 Å². The van der Waals surface area contributed by atoms with Gasteiger partial charge in [-0.1, -0.05) is 56.5 Å². The second-order valence-electron chi connectivity index (χ2n) is 6.36. The average Bonchev–Trinajstić information content (AvgIpc) is 2.60. The summed E-state index contributed by atoms with van der Waals surface area (Å²) >= 11 is 0. The first-order chi connectivity index (χ1) is 12.0. The molecule has 4 heteroatoms. The third-order valence-corrected chi connectivity index (χ3v) is 4.26. The maximum Gasteiger partial charge on any atom is 0.142 e. The van der Waals surface area contributed by atoms with Crippen molar-refractivity contribution < 1.29 is 14.6 Å². The molecule has 0 unspecified atom stereocenters. The molecule has 0 saturated carbocycles. The van der Waals surface area contributed by atoms with Gasteiger partial charge in [-0.25, -0.2) is 0 Å². The van der Waals surface area contributed by atoms with Crippen LogP contribution in [0.25, 0.3) is 11.1 Å². The molecule has 0 spiro atoms. The summed E-state index contributed by atoms with van der Waals surface area (Å²) in [6.45, 7) is 4.24. The Morgan fingerprint density at radius 2 is 1.92 bits per heavy atom. The van der Waals surface area contributed by atoms with Gasteiger partial charge in [0, 0.05) is 5.56 Å². The number of benzene rings is 2. The van der Waals surface area contributed by atoms with Crippen LogP contribution in [0.5, 0.6) is 5.75 Å². The zero-order valence-corrected chi connectivity index (χ0v) is 15.0. The largest absolute Gasteiger partial charge is 0.545 e. The number of aromatic carboxylic acids is 1. The molecule has 0 aliphatic heterocycles. The van der Waals surface area contributed by atoms with E-state index >= 15 is 0 Å². The van der Waals surface area contributed by atoms with Crippen molar-refractivity contribution in [2.75, 3.05) is 5.73 Å². The lowest BCUT2D eigenvalue weighted by atomic mass is 9.99. The van der Waals surface area contributed by atoms with E-state index in [1.54, 1.807) is 30.3 Å². The zero-order valence-electron chi connectivity index (χ0n) is 15.0. The molecule has 0 saturated heterocycles. The van der Waals surface area contributed by atoms with Crippen LogP contribution in [0.2, 0.25) is 0 Å². The molecule has 2 aromatic carbocycles. The molecule has 2 rings (SSSR count). The van der Waals surface area contributed by atoms with E-state index in [9.17, 15) is 9.90 Å². The van der Waals surface area contributed by atoms with Gasteiger partial charge in [-0.05, 0) is 43.0 Å². The molecule has 0 radical (unpaired) electrons. The summed E-state index contributed by atoms with van der Waals surface area (Å²) in [4.78, 5) is 11.3. The lowest BCUT2D eigenvalue weighted by molar-refractivity contribution is -0.254. The minimum absolute atomic E-state index is 0.0977. The Balaban J connectivity index is 2.10. The van der Waals surface area contributed by atoms with Gasteiger partial charge in [-0.2, -0.15) is 0 Å². The number of unbranched alkanes of at least 4 members (excludes halogenated alkanes) is 3. The highest BCUT2D eigenvalue weighted by Gasteiger charge is 2.10. The highest BCUT2D eigenvalue weighted by atomic mass is 16.5. The third kappa shape index (κ3) is 5.24. The fourth-order valence-corrected chi connectivity index (χ4v) is 2.87. The van der Waals surface area contributed by atoms with E-state index in [2.05, 4.69) is 6.92 Å². The van der Waals surface area contributed by atoms with Gasteiger partial charge in [-0.3, -0.25) is 0 Å². The fourth-order valence-electron chi connectivity index (χ4n) is 2.87. The molecular formula is C21H26NO3-. The minimum atomic E-state index is -1.20. The molecule has 0 aromatic heterocycles. The van der Waals surface area contributed by atoms with Crippen LogP contribution in [0, 0.1) is 0 Å². The molecular weight excluding hydrogens is 314 g/mol. The zero-order chi connectivity index (χ0) is 18.2. The Morgan fingerprint density at radius 3 is 2.60 bits per heavy atom. The van der Waals surface area contributed by atoms with E-state index in [1.165, 1.54) is 25.3 Å². The van der Waals surface area contributed by atoms with Crippen molar-refractivity contribution >= 4 is 11.7 Å². The van der Waals surface area contributed by atoms with Crippen LogP contribution < -0.4 is 15.6 Å². The molecule has 0 amide bonds. The summed E-state index contributed by atoms with van der Waals surface area (Å²) in [6, 6.07) is 12.1. The smallest absolute Gasteiger partial charge is 0.142 e. The predicted molar refractivity (Wildman–Crippen MR) is 99.5 cm³/mol. The summed E-state index contributed by atoms with van der Waals surface area (Å²) in [5.41, 5.74) is 8.11. The number of carboxylic acid groups (broad SMARTS) is 1. The normalized spacial score (nSPS) is 11.9. The van der Waals surface area contributed by atoms with Crippen LogP contribution in [0.1, 0.15) is 56.3 Å². The van der Waals surface area contributed by atoms with Crippen molar-refractivity contribution in [3.05, 3.63) is 48.0 Å². The molecule has 2 aromatic rings. The number of ether oxygens (including phenoxy) is 1. The van der Waals surface area contributed by atoms with Crippen LogP contribution in [-0.4, -0.2) is 12.1 Å². The average molecular weight is 340 g/mol. The number of hydrogen-bond acceptors (Lipinski definition) is 4. The molecule has 134 valence electrons. The Morgan fingerprint density at radius 1 is 1.16 bits per heavy atom. The van der Waals surface area contributed by atoms with Crippen molar-refractivity contribution in [3.63, 3.8) is 0 Å². The first-order valence-electron chi connectivity index (χ1n) is 8.89. The van der Waals surface area contributed by atoms with Gasteiger partial charge < -0.3 is 20.4 Å². The number of rotatable bonds is 9. The van der Waals surface area contributed by atoms with Gasteiger partial charge in [0.25, 0.3) is 0 Å². The second kappa shape index (κ2) is 9.11. The molecule has 0 bridgehead atoms. The third-order valence-electron chi connectivity index (χ3n) is 4.26. The van der Waals surface area contributed by atoms with Crippen LogP contribution in [-0.2, 0) is 0 Å². The topological polar surface area (TPSA) is 75.4 Å². The van der Waals surface area contributed by atoms with E-state index in [0.29, 0.717) is 17.0 Å². The monoisotopic (exact) mass is 340 g/mol. The lowest BCUT2D eigenvalue weighted by Crippen LogP contribution is -2.22. The number of nitrogen functional groups attached to an aromatic ring is 1. The maximum atomic E-state index is 11.3. The van der Waals surface area contributed by atoms with E-state index in [-0.39, 0.29) is 11.7 Å². The number of hydrogen-bond donors (Lipinski definition) is 1. The summed E-state index contributed by atoms with van der Waals surface area (Å²) in [5.74, 6) is -0.562. The number of anilines is 1. The van der Waals surface area contributed by atoms with Gasteiger partial charge >= 0.3 is 0 Å². The van der Waals surface area contributed by atoms with Crippen LogP contribution in [0.15, 0.2) is 42.5 Å². The molecule has 0 heterocycles. The highest BCUT2D eigenvalue weighted by Crippen LogP contribution is 2.31. The summed E-state index contributed by atoms with van der Waals surface area (Å²) in [7, 11) is 0. The van der Waals surface area contributed by atoms with Crippen molar-refractivity contribution in [1.82, 2.24) is 0 Å².